The molecule has 0 aromatic heterocycles. The van der Waals surface area contributed by atoms with E-state index in [2.05, 4.69) is 15.9 Å². The van der Waals surface area contributed by atoms with Crippen LogP contribution in [0.1, 0.15) is 23.7 Å². The van der Waals surface area contributed by atoms with Gasteiger partial charge in [-0.3, -0.25) is 14.9 Å². The zero-order chi connectivity index (χ0) is 14.6. The smallest absolute Gasteiger partial charge is 0.270 e. The monoisotopic (exact) mass is 330 g/mol. The van der Waals surface area contributed by atoms with Crippen LogP contribution in [-0.2, 0) is 0 Å². The molecule has 0 saturated heterocycles. The Morgan fingerprint density at radius 2 is 2.21 bits per heavy atom. The maximum absolute atomic E-state index is 12.1. The van der Waals surface area contributed by atoms with Crippen LogP contribution in [-0.4, -0.2) is 40.5 Å². The van der Waals surface area contributed by atoms with E-state index in [4.69, 9.17) is 0 Å². The van der Waals surface area contributed by atoms with E-state index in [9.17, 15) is 20.0 Å². The van der Waals surface area contributed by atoms with Crippen LogP contribution in [0.15, 0.2) is 22.7 Å². The third kappa shape index (κ3) is 4.29. The van der Waals surface area contributed by atoms with E-state index in [1.807, 2.05) is 0 Å². The molecule has 1 unspecified atom stereocenters. The van der Waals surface area contributed by atoms with Crippen LogP contribution in [0, 0.1) is 10.1 Å². The molecule has 0 radical (unpaired) electrons. The third-order valence-electron chi connectivity index (χ3n) is 2.62. The normalized spacial score (nSPS) is 12.0. The van der Waals surface area contributed by atoms with Gasteiger partial charge >= 0.3 is 0 Å². The second-order valence-electron chi connectivity index (χ2n) is 4.29. The first kappa shape index (κ1) is 15.6. The van der Waals surface area contributed by atoms with Gasteiger partial charge in [0.1, 0.15) is 0 Å². The topological polar surface area (TPSA) is 83.7 Å². The molecule has 7 heteroatoms. The minimum absolute atomic E-state index is 0.129. The molecule has 1 aromatic rings. The van der Waals surface area contributed by atoms with Gasteiger partial charge in [0.25, 0.3) is 11.6 Å². The lowest BCUT2D eigenvalue weighted by Gasteiger charge is -2.18. The second kappa shape index (κ2) is 6.63. The Bertz CT molecular complexity index is 491. The Hall–Kier alpha value is -1.47. The Kier molecular flexibility index (Phi) is 5.44. The molecule has 1 N–H and O–H groups in total. The fourth-order valence-corrected chi connectivity index (χ4v) is 1.89. The molecule has 0 aliphatic rings. The van der Waals surface area contributed by atoms with E-state index in [-0.39, 0.29) is 17.2 Å². The summed E-state index contributed by atoms with van der Waals surface area (Å²) in [4.78, 5) is 23.7. The summed E-state index contributed by atoms with van der Waals surface area (Å²) in [7, 11) is 1.59. The summed E-state index contributed by atoms with van der Waals surface area (Å²) in [5.74, 6) is -0.323. The molecule has 0 spiro atoms. The van der Waals surface area contributed by atoms with Crippen LogP contribution in [0.2, 0.25) is 0 Å². The number of carbonyl (C=O) groups is 1. The first-order valence-electron chi connectivity index (χ1n) is 5.70. The van der Waals surface area contributed by atoms with Crippen LogP contribution in [0.4, 0.5) is 5.69 Å². The molecule has 6 nitrogen and oxygen atoms in total. The van der Waals surface area contributed by atoms with E-state index < -0.39 is 11.0 Å². The Morgan fingerprint density at radius 1 is 1.58 bits per heavy atom. The van der Waals surface area contributed by atoms with Gasteiger partial charge in [-0.25, -0.2) is 0 Å². The number of hydrogen-bond acceptors (Lipinski definition) is 4. The van der Waals surface area contributed by atoms with Crippen molar-refractivity contribution < 1.29 is 14.8 Å². The van der Waals surface area contributed by atoms with Crippen molar-refractivity contribution in [2.75, 3.05) is 13.6 Å². The zero-order valence-electron chi connectivity index (χ0n) is 10.7. The van der Waals surface area contributed by atoms with E-state index in [0.717, 1.165) is 0 Å². The minimum atomic E-state index is -0.543. The number of halogens is 1. The van der Waals surface area contributed by atoms with Crippen LogP contribution < -0.4 is 0 Å². The van der Waals surface area contributed by atoms with Gasteiger partial charge in [-0.2, -0.15) is 0 Å². The summed E-state index contributed by atoms with van der Waals surface area (Å²) < 4.78 is 0.506. The highest BCUT2D eigenvalue weighted by atomic mass is 79.9. The van der Waals surface area contributed by atoms with Gasteiger partial charge in [0.15, 0.2) is 0 Å². The third-order valence-corrected chi connectivity index (χ3v) is 3.31. The number of carbonyl (C=O) groups excluding carboxylic acids is 1. The first-order valence-corrected chi connectivity index (χ1v) is 6.49. The van der Waals surface area contributed by atoms with Crippen LogP contribution in [0.3, 0.4) is 0 Å². The van der Waals surface area contributed by atoms with Gasteiger partial charge < -0.3 is 10.0 Å². The van der Waals surface area contributed by atoms with Crippen LogP contribution >= 0.6 is 15.9 Å². The van der Waals surface area contributed by atoms with E-state index in [1.54, 1.807) is 14.0 Å². The number of aliphatic hydroxyl groups is 1. The van der Waals surface area contributed by atoms with E-state index in [0.29, 0.717) is 17.4 Å². The predicted octanol–water partition coefficient (Wildman–Crippen LogP) is 2.20. The lowest BCUT2D eigenvalue weighted by atomic mass is 10.1. The van der Waals surface area contributed by atoms with Gasteiger partial charge in [0.2, 0.25) is 0 Å². The van der Waals surface area contributed by atoms with Gasteiger partial charge in [-0.1, -0.05) is 0 Å². The van der Waals surface area contributed by atoms with Crippen molar-refractivity contribution in [3.63, 3.8) is 0 Å². The molecule has 0 fully saturated rings. The number of nitrogens with zero attached hydrogens (tertiary/aromatic N) is 2. The largest absolute Gasteiger partial charge is 0.393 e. The molecule has 1 atom stereocenters. The number of aliphatic hydroxyl groups excluding tert-OH is 1. The molecule has 104 valence electrons. The van der Waals surface area contributed by atoms with Crippen molar-refractivity contribution in [3.05, 3.63) is 38.3 Å². The summed E-state index contributed by atoms with van der Waals surface area (Å²) in [5.41, 5.74) is 0.109. The molecule has 0 aliphatic carbocycles. The first-order chi connectivity index (χ1) is 8.82. The maximum atomic E-state index is 12.1. The molecule has 1 rings (SSSR count). The summed E-state index contributed by atoms with van der Waals surface area (Å²) in [6.45, 7) is 2.02. The number of nitro benzene ring substituents is 1. The molecule has 0 saturated carbocycles. The molecule has 0 heterocycles. The molecule has 0 bridgehead atoms. The second-order valence-corrected chi connectivity index (χ2v) is 5.14. The number of rotatable bonds is 5. The lowest BCUT2D eigenvalue weighted by molar-refractivity contribution is -0.384. The standard InChI is InChI=1S/C12H15BrN2O4/c1-8(16)5-6-14(2)12(17)10-7-9(15(18)19)3-4-11(10)13/h3-4,7-8,16H,5-6H2,1-2H3. The maximum Gasteiger partial charge on any atom is 0.270 e. The van der Waals surface area contributed by atoms with Crippen molar-refractivity contribution in [2.24, 2.45) is 0 Å². The summed E-state index contributed by atoms with van der Waals surface area (Å²) >= 11 is 3.21. The minimum Gasteiger partial charge on any atom is -0.393 e. The summed E-state index contributed by atoms with van der Waals surface area (Å²) in [5, 5.41) is 19.9. The van der Waals surface area contributed by atoms with Gasteiger partial charge in [-0.15, -0.1) is 0 Å². The Labute approximate surface area is 119 Å². The van der Waals surface area contributed by atoms with Crippen molar-refractivity contribution in [1.82, 2.24) is 4.90 Å². The molecule has 1 amide bonds. The molecular weight excluding hydrogens is 316 g/mol. The molecule has 1 aromatic carbocycles. The van der Waals surface area contributed by atoms with Crippen molar-refractivity contribution in [2.45, 2.75) is 19.4 Å². The average Bonchev–Trinajstić information content (AvgIpc) is 2.35. The Morgan fingerprint density at radius 3 is 2.74 bits per heavy atom. The molecule has 0 aliphatic heterocycles. The van der Waals surface area contributed by atoms with Crippen LogP contribution in [0.25, 0.3) is 0 Å². The van der Waals surface area contributed by atoms with Gasteiger partial charge in [0, 0.05) is 30.2 Å². The van der Waals surface area contributed by atoms with E-state index >= 15 is 0 Å². The van der Waals surface area contributed by atoms with Crippen molar-refractivity contribution >= 4 is 27.5 Å². The quantitative estimate of drug-likeness (QED) is 0.662. The highest BCUT2D eigenvalue weighted by molar-refractivity contribution is 9.10. The van der Waals surface area contributed by atoms with Gasteiger partial charge in [0.05, 0.1) is 16.6 Å². The molecular formula is C12H15BrN2O4. The predicted molar refractivity (Wildman–Crippen MR) is 74.1 cm³/mol. The average molecular weight is 331 g/mol. The van der Waals surface area contributed by atoms with Crippen LogP contribution in [0.5, 0.6) is 0 Å². The fraction of sp³-hybridized carbons (Fsp3) is 0.417. The highest BCUT2D eigenvalue weighted by Crippen LogP contribution is 2.23. The molecule has 19 heavy (non-hydrogen) atoms. The number of nitro groups is 1. The summed E-state index contributed by atoms with van der Waals surface area (Å²) in [6, 6.07) is 4.05. The number of benzene rings is 1. The lowest BCUT2D eigenvalue weighted by Crippen LogP contribution is -2.29. The summed E-state index contributed by atoms with van der Waals surface area (Å²) in [6.07, 6.45) is -0.0433. The van der Waals surface area contributed by atoms with Crippen molar-refractivity contribution in [1.29, 1.82) is 0 Å². The van der Waals surface area contributed by atoms with E-state index in [1.165, 1.54) is 23.1 Å². The van der Waals surface area contributed by atoms with Gasteiger partial charge in [-0.05, 0) is 35.3 Å². The number of non-ortho nitro benzene ring substituents is 1. The SMILES string of the molecule is CC(O)CCN(C)C(=O)c1cc([N+](=O)[O-])ccc1Br. The fourth-order valence-electron chi connectivity index (χ4n) is 1.48. The zero-order valence-corrected chi connectivity index (χ0v) is 12.3. The number of hydrogen-bond donors (Lipinski definition) is 1. The highest BCUT2D eigenvalue weighted by Gasteiger charge is 2.18. The number of amides is 1. The Balaban J connectivity index is 2.92. The van der Waals surface area contributed by atoms with Crippen molar-refractivity contribution in [3.8, 4) is 0 Å².